The molecule has 0 aromatic rings. The molecule has 1 heterocycles. The van der Waals surface area contributed by atoms with Gasteiger partial charge in [0.2, 0.25) is 0 Å². The molecule has 0 amide bonds. The summed E-state index contributed by atoms with van der Waals surface area (Å²) in [4.78, 5) is 2.43. The van der Waals surface area contributed by atoms with Gasteiger partial charge in [0, 0.05) is 17.3 Å². The Morgan fingerprint density at radius 1 is 1.25 bits per heavy atom. The molecule has 0 bridgehead atoms. The fourth-order valence-corrected chi connectivity index (χ4v) is 3.21. The van der Waals surface area contributed by atoms with Gasteiger partial charge in [-0.05, 0) is 52.1 Å². The highest BCUT2D eigenvalue weighted by atomic mass is 32.2. The van der Waals surface area contributed by atoms with Crippen molar-refractivity contribution in [1.29, 1.82) is 0 Å². The summed E-state index contributed by atoms with van der Waals surface area (Å²) in [5.41, 5.74) is 0. The van der Waals surface area contributed by atoms with E-state index in [0.29, 0.717) is 4.75 Å². The van der Waals surface area contributed by atoms with E-state index in [1.807, 2.05) is 11.8 Å². The molecule has 1 aliphatic rings. The number of nitrogens with one attached hydrogen (secondary N) is 1. The summed E-state index contributed by atoms with van der Waals surface area (Å²) >= 11 is 2.03. The number of hydrogen-bond donors (Lipinski definition) is 1. The van der Waals surface area contributed by atoms with Gasteiger partial charge in [0.15, 0.2) is 0 Å². The Bertz CT molecular complexity index is 176. The molecule has 0 aromatic heterocycles. The van der Waals surface area contributed by atoms with Gasteiger partial charge in [-0.25, -0.2) is 0 Å². The van der Waals surface area contributed by atoms with E-state index in [9.17, 15) is 0 Å². The largest absolute Gasteiger partial charge is 0.313 e. The Balaban J connectivity index is 2.32. The van der Waals surface area contributed by atoms with Crippen molar-refractivity contribution in [3.8, 4) is 0 Å². The van der Waals surface area contributed by atoms with Crippen LogP contribution in [0.2, 0.25) is 0 Å². The van der Waals surface area contributed by atoms with Gasteiger partial charge in [0.05, 0.1) is 0 Å². The molecule has 0 atom stereocenters. The van der Waals surface area contributed by atoms with Crippen LogP contribution in [0.4, 0.5) is 0 Å². The lowest BCUT2D eigenvalue weighted by Crippen LogP contribution is -2.46. The first-order valence-electron chi connectivity index (χ1n) is 6.63. The molecule has 0 radical (unpaired) electrons. The highest BCUT2D eigenvalue weighted by Gasteiger charge is 2.26. The van der Waals surface area contributed by atoms with Gasteiger partial charge in [0.25, 0.3) is 0 Å². The molecule has 0 saturated carbocycles. The lowest BCUT2D eigenvalue weighted by atomic mass is 10.00. The van der Waals surface area contributed by atoms with Crippen LogP contribution in [-0.2, 0) is 0 Å². The zero-order chi connectivity index (χ0) is 12.0. The summed E-state index contributed by atoms with van der Waals surface area (Å²) in [6.45, 7) is 8.31. The molecule has 3 heteroatoms. The summed E-state index contributed by atoms with van der Waals surface area (Å²) < 4.78 is 0.462. The molecule has 1 fully saturated rings. The van der Waals surface area contributed by atoms with Crippen LogP contribution < -0.4 is 5.32 Å². The predicted octanol–water partition coefficient (Wildman–Crippen LogP) is 2.59. The van der Waals surface area contributed by atoms with E-state index in [-0.39, 0.29) is 0 Å². The Kier molecular flexibility index (Phi) is 6.16. The molecule has 96 valence electrons. The molecule has 0 aromatic carbocycles. The smallest absolute Gasteiger partial charge is 0.0276 e. The number of likely N-dealkylation sites (tertiary alicyclic amines) is 1. The highest BCUT2D eigenvalue weighted by Crippen LogP contribution is 2.29. The van der Waals surface area contributed by atoms with Crippen LogP contribution >= 0.6 is 11.8 Å². The van der Waals surface area contributed by atoms with Crippen molar-refractivity contribution < 1.29 is 0 Å². The highest BCUT2D eigenvalue weighted by molar-refractivity contribution is 8.00. The lowest BCUT2D eigenvalue weighted by Gasteiger charge is -2.35. The number of thioether (sulfide) groups is 1. The number of nitrogens with zero attached hydrogens (tertiary/aromatic N) is 1. The maximum atomic E-state index is 3.79. The topological polar surface area (TPSA) is 15.3 Å². The van der Waals surface area contributed by atoms with Gasteiger partial charge < -0.3 is 10.2 Å². The van der Waals surface area contributed by atoms with Crippen molar-refractivity contribution in [1.82, 2.24) is 10.2 Å². The van der Waals surface area contributed by atoms with Crippen LogP contribution in [0.25, 0.3) is 0 Å². The molecule has 0 spiro atoms. The summed E-state index contributed by atoms with van der Waals surface area (Å²) in [6, 6.07) is 0.751. The SMILES string of the molecule is CCC(CC)(CNC1CCN(C)CC1)SC. The van der Waals surface area contributed by atoms with E-state index in [2.05, 4.69) is 37.4 Å². The molecular formula is C13H28N2S. The van der Waals surface area contributed by atoms with E-state index in [0.717, 1.165) is 6.04 Å². The second-order valence-electron chi connectivity index (χ2n) is 5.05. The first-order valence-corrected chi connectivity index (χ1v) is 7.85. The molecule has 1 rings (SSSR count). The van der Waals surface area contributed by atoms with Crippen LogP contribution in [0.1, 0.15) is 39.5 Å². The maximum absolute atomic E-state index is 3.79. The number of rotatable bonds is 6. The van der Waals surface area contributed by atoms with E-state index >= 15 is 0 Å². The summed E-state index contributed by atoms with van der Waals surface area (Å²) in [7, 11) is 2.22. The second kappa shape index (κ2) is 6.87. The lowest BCUT2D eigenvalue weighted by molar-refractivity contribution is 0.231. The van der Waals surface area contributed by atoms with Crippen molar-refractivity contribution in [2.24, 2.45) is 0 Å². The van der Waals surface area contributed by atoms with Gasteiger partial charge in [-0.3, -0.25) is 0 Å². The second-order valence-corrected chi connectivity index (χ2v) is 6.33. The van der Waals surface area contributed by atoms with Crippen molar-refractivity contribution in [2.75, 3.05) is 32.9 Å². The molecule has 0 unspecified atom stereocenters. The first-order chi connectivity index (χ1) is 7.65. The fraction of sp³-hybridized carbons (Fsp3) is 1.00. The van der Waals surface area contributed by atoms with Gasteiger partial charge in [-0.2, -0.15) is 11.8 Å². The summed E-state index contributed by atoms with van der Waals surface area (Å²) in [6.07, 6.45) is 7.42. The van der Waals surface area contributed by atoms with E-state index in [4.69, 9.17) is 0 Å². The summed E-state index contributed by atoms with van der Waals surface area (Å²) in [5, 5.41) is 3.79. The Labute approximate surface area is 106 Å². The average molecular weight is 244 g/mol. The number of piperidine rings is 1. The van der Waals surface area contributed by atoms with Gasteiger partial charge in [0.1, 0.15) is 0 Å². The minimum absolute atomic E-state index is 0.462. The molecule has 0 aliphatic carbocycles. The van der Waals surface area contributed by atoms with Crippen molar-refractivity contribution in [3.05, 3.63) is 0 Å². The molecule has 1 saturated heterocycles. The number of hydrogen-bond acceptors (Lipinski definition) is 3. The van der Waals surface area contributed by atoms with Gasteiger partial charge in [-0.15, -0.1) is 0 Å². The maximum Gasteiger partial charge on any atom is 0.0276 e. The van der Waals surface area contributed by atoms with Crippen molar-refractivity contribution in [2.45, 2.75) is 50.3 Å². The molecule has 1 N–H and O–H groups in total. The van der Waals surface area contributed by atoms with Gasteiger partial charge in [-0.1, -0.05) is 13.8 Å². The Morgan fingerprint density at radius 3 is 2.25 bits per heavy atom. The standard InChI is InChI=1S/C13H28N2S/c1-5-13(6-2,16-4)11-14-12-7-9-15(3)10-8-12/h12,14H,5-11H2,1-4H3. The van der Waals surface area contributed by atoms with E-state index < -0.39 is 0 Å². The predicted molar refractivity (Wildman–Crippen MR) is 75.3 cm³/mol. The monoisotopic (exact) mass is 244 g/mol. The Morgan fingerprint density at radius 2 is 1.81 bits per heavy atom. The molecule has 16 heavy (non-hydrogen) atoms. The van der Waals surface area contributed by atoms with Crippen LogP contribution in [0.15, 0.2) is 0 Å². The minimum atomic E-state index is 0.462. The van der Waals surface area contributed by atoms with Crippen LogP contribution in [-0.4, -0.2) is 48.6 Å². The third-order valence-electron chi connectivity index (χ3n) is 4.15. The minimum Gasteiger partial charge on any atom is -0.313 e. The van der Waals surface area contributed by atoms with Crippen LogP contribution in [0, 0.1) is 0 Å². The average Bonchev–Trinajstić information content (AvgIpc) is 2.34. The fourth-order valence-electron chi connectivity index (χ4n) is 2.40. The first kappa shape index (κ1) is 14.3. The summed E-state index contributed by atoms with van der Waals surface area (Å²) in [5.74, 6) is 0. The third-order valence-corrected chi connectivity index (χ3v) is 5.74. The van der Waals surface area contributed by atoms with E-state index in [1.165, 1.54) is 45.3 Å². The van der Waals surface area contributed by atoms with E-state index in [1.54, 1.807) is 0 Å². The van der Waals surface area contributed by atoms with Crippen LogP contribution in [0.3, 0.4) is 0 Å². The zero-order valence-electron chi connectivity index (χ0n) is 11.4. The quantitative estimate of drug-likeness (QED) is 0.773. The van der Waals surface area contributed by atoms with Crippen LogP contribution in [0.5, 0.6) is 0 Å². The molecular weight excluding hydrogens is 216 g/mol. The third kappa shape index (κ3) is 3.94. The van der Waals surface area contributed by atoms with Crippen molar-refractivity contribution >= 4 is 11.8 Å². The van der Waals surface area contributed by atoms with Crippen molar-refractivity contribution in [3.63, 3.8) is 0 Å². The Hall–Kier alpha value is 0.270. The molecule has 2 nitrogen and oxygen atoms in total. The zero-order valence-corrected chi connectivity index (χ0v) is 12.2. The molecule has 1 aliphatic heterocycles. The van der Waals surface area contributed by atoms with Gasteiger partial charge >= 0.3 is 0 Å². The normalized spacial score (nSPS) is 20.2.